The topological polar surface area (TPSA) is 128 Å². The van der Waals surface area contributed by atoms with Gasteiger partial charge in [0.1, 0.15) is 0 Å². The second kappa shape index (κ2) is 10.3. The zero-order valence-electron chi connectivity index (χ0n) is 13.6. The third kappa shape index (κ3) is 7.19. The molecule has 0 aromatic heterocycles. The van der Waals surface area contributed by atoms with Crippen LogP contribution >= 0.6 is 0 Å². The minimum absolute atomic E-state index is 0.000504. The molecule has 1 unspecified atom stereocenters. The molecule has 0 aliphatic carbocycles. The normalized spacial score (nSPS) is 11.6. The Balaban J connectivity index is 2.37. The van der Waals surface area contributed by atoms with Crippen LogP contribution in [0.5, 0.6) is 11.5 Å². The Morgan fingerprint density at radius 2 is 2.04 bits per heavy atom. The van der Waals surface area contributed by atoms with Gasteiger partial charge in [-0.1, -0.05) is 6.07 Å². The van der Waals surface area contributed by atoms with E-state index in [9.17, 15) is 19.8 Å². The Kier molecular flexibility index (Phi) is 8.42. The van der Waals surface area contributed by atoms with Gasteiger partial charge in [0.25, 0.3) is 0 Å². The van der Waals surface area contributed by atoms with Gasteiger partial charge in [0.15, 0.2) is 11.5 Å². The molecule has 5 N–H and O–H groups in total. The number of ether oxygens (including phenoxy) is 1. The number of nitrogens with one attached hydrogen (secondary N) is 2. The summed E-state index contributed by atoms with van der Waals surface area (Å²) in [4.78, 5) is 21.9. The van der Waals surface area contributed by atoms with Crippen LogP contribution in [0.3, 0.4) is 0 Å². The monoisotopic (exact) mass is 340 g/mol. The Labute approximate surface area is 140 Å². The van der Waals surface area contributed by atoms with Gasteiger partial charge >= 0.3 is 12.0 Å². The molecule has 0 radical (unpaired) electrons. The second-order valence-electron chi connectivity index (χ2n) is 5.39. The van der Waals surface area contributed by atoms with Crippen molar-refractivity contribution in [3.05, 3.63) is 23.8 Å². The molecule has 24 heavy (non-hydrogen) atoms. The van der Waals surface area contributed by atoms with E-state index in [4.69, 9.17) is 9.84 Å². The van der Waals surface area contributed by atoms with Crippen LogP contribution in [0.4, 0.5) is 4.79 Å². The summed E-state index contributed by atoms with van der Waals surface area (Å²) in [6.07, 6.45) is 0.838. The third-order valence-corrected chi connectivity index (χ3v) is 3.43. The fourth-order valence-electron chi connectivity index (χ4n) is 2.14. The number of amides is 2. The number of phenols is 1. The average molecular weight is 340 g/mol. The molecule has 2 amide bonds. The van der Waals surface area contributed by atoms with Gasteiger partial charge in [-0.3, -0.25) is 4.79 Å². The van der Waals surface area contributed by atoms with Gasteiger partial charge < -0.3 is 30.7 Å². The van der Waals surface area contributed by atoms with Gasteiger partial charge in [-0.05, 0) is 30.5 Å². The number of phenolic OH excluding ortho intramolecular Hbond substituents is 1. The minimum Gasteiger partial charge on any atom is -0.504 e. The highest BCUT2D eigenvalue weighted by Crippen LogP contribution is 2.27. The van der Waals surface area contributed by atoms with Crippen molar-refractivity contribution in [2.45, 2.75) is 19.3 Å². The average Bonchev–Trinajstić information content (AvgIpc) is 2.55. The Morgan fingerprint density at radius 1 is 1.29 bits per heavy atom. The molecule has 1 aromatic rings. The maximum Gasteiger partial charge on any atom is 0.314 e. The summed E-state index contributed by atoms with van der Waals surface area (Å²) in [5, 5.41) is 32.9. The molecule has 8 nitrogen and oxygen atoms in total. The van der Waals surface area contributed by atoms with Crippen LogP contribution < -0.4 is 15.4 Å². The van der Waals surface area contributed by atoms with Gasteiger partial charge in [-0.15, -0.1) is 0 Å². The first-order chi connectivity index (χ1) is 11.5. The smallest absolute Gasteiger partial charge is 0.314 e. The number of carboxylic acids is 1. The van der Waals surface area contributed by atoms with E-state index in [2.05, 4.69) is 10.6 Å². The SMILES string of the molecule is COc1ccc(CC(CO)CNC(=O)NCCCC(=O)O)cc1O. The molecule has 1 atom stereocenters. The number of hydrogen-bond donors (Lipinski definition) is 5. The number of carboxylic acid groups (broad SMARTS) is 1. The fourth-order valence-corrected chi connectivity index (χ4v) is 2.14. The molecule has 0 aliphatic rings. The number of urea groups is 1. The van der Waals surface area contributed by atoms with Crippen LogP contribution in [0.25, 0.3) is 0 Å². The molecule has 0 bridgehead atoms. The van der Waals surface area contributed by atoms with E-state index in [1.807, 2.05) is 0 Å². The fraction of sp³-hybridized carbons (Fsp3) is 0.500. The number of rotatable bonds is 10. The van der Waals surface area contributed by atoms with Gasteiger partial charge in [0, 0.05) is 32.0 Å². The molecular formula is C16H24N2O6. The van der Waals surface area contributed by atoms with Crippen LogP contribution in [0.2, 0.25) is 0 Å². The lowest BCUT2D eigenvalue weighted by Crippen LogP contribution is -2.39. The summed E-state index contributed by atoms with van der Waals surface area (Å²) in [5.41, 5.74) is 0.816. The van der Waals surface area contributed by atoms with Crippen molar-refractivity contribution in [2.24, 2.45) is 5.92 Å². The molecule has 0 heterocycles. The van der Waals surface area contributed by atoms with E-state index in [1.165, 1.54) is 7.11 Å². The summed E-state index contributed by atoms with van der Waals surface area (Å²) in [6, 6.07) is 4.58. The zero-order valence-corrected chi connectivity index (χ0v) is 13.6. The molecule has 0 spiro atoms. The highest BCUT2D eigenvalue weighted by Gasteiger charge is 2.12. The van der Waals surface area contributed by atoms with Crippen molar-refractivity contribution in [1.29, 1.82) is 0 Å². The van der Waals surface area contributed by atoms with Gasteiger partial charge in [-0.25, -0.2) is 4.79 Å². The quantitative estimate of drug-likeness (QED) is 0.399. The molecule has 0 aliphatic heterocycles. The van der Waals surface area contributed by atoms with Crippen LogP contribution in [0.1, 0.15) is 18.4 Å². The first-order valence-corrected chi connectivity index (χ1v) is 7.66. The Hall–Kier alpha value is -2.48. The number of aliphatic hydroxyl groups is 1. The predicted octanol–water partition coefficient (Wildman–Crippen LogP) is 0.716. The molecule has 0 saturated carbocycles. The molecule has 0 fully saturated rings. The highest BCUT2D eigenvalue weighted by molar-refractivity contribution is 5.73. The van der Waals surface area contributed by atoms with Crippen molar-refractivity contribution in [2.75, 3.05) is 26.8 Å². The van der Waals surface area contributed by atoms with E-state index >= 15 is 0 Å². The van der Waals surface area contributed by atoms with Gasteiger partial charge in [-0.2, -0.15) is 0 Å². The number of hydrogen-bond acceptors (Lipinski definition) is 5. The molecular weight excluding hydrogens is 316 g/mol. The van der Waals surface area contributed by atoms with E-state index in [0.29, 0.717) is 18.6 Å². The molecule has 1 aromatic carbocycles. The number of aliphatic carboxylic acids is 1. The third-order valence-electron chi connectivity index (χ3n) is 3.43. The molecule has 1 rings (SSSR count). The lowest BCUT2D eigenvalue weighted by Gasteiger charge is -2.16. The number of aromatic hydroxyl groups is 1. The number of methoxy groups -OCH3 is 1. The predicted molar refractivity (Wildman–Crippen MR) is 87.2 cm³/mol. The lowest BCUT2D eigenvalue weighted by atomic mass is 9.99. The minimum atomic E-state index is -0.903. The Bertz CT molecular complexity index is 549. The van der Waals surface area contributed by atoms with E-state index in [1.54, 1.807) is 18.2 Å². The van der Waals surface area contributed by atoms with Crippen LogP contribution in [-0.2, 0) is 11.2 Å². The maximum atomic E-state index is 11.6. The molecule has 134 valence electrons. The summed E-state index contributed by atoms with van der Waals surface area (Å²) in [5.74, 6) is -0.711. The first-order valence-electron chi connectivity index (χ1n) is 7.66. The number of carbonyl (C=O) groups is 2. The van der Waals surface area contributed by atoms with Crippen molar-refractivity contribution in [1.82, 2.24) is 10.6 Å². The number of carbonyl (C=O) groups excluding carboxylic acids is 1. The second-order valence-corrected chi connectivity index (χ2v) is 5.39. The largest absolute Gasteiger partial charge is 0.504 e. The van der Waals surface area contributed by atoms with Crippen molar-refractivity contribution in [3.63, 3.8) is 0 Å². The van der Waals surface area contributed by atoms with Crippen molar-refractivity contribution >= 4 is 12.0 Å². The molecule has 0 saturated heterocycles. The van der Waals surface area contributed by atoms with Gasteiger partial charge in [0.2, 0.25) is 0 Å². The van der Waals surface area contributed by atoms with Crippen LogP contribution in [-0.4, -0.2) is 54.1 Å². The van der Waals surface area contributed by atoms with E-state index in [0.717, 1.165) is 5.56 Å². The summed E-state index contributed by atoms with van der Waals surface area (Å²) >= 11 is 0. The Morgan fingerprint density at radius 3 is 2.62 bits per heavy atom. The lowest BCUT2D eigenvalue weighted by molar-refractivity contribution is -0.137. The van der Waals surface area contributed by atoms with Crippen LogP contribution in [0, 0.1) is 5.92 Å². The summed E-state index contributed by atoms with van der Waals surface area (Å²) in [6.45, 7) is 0.411. The van der Waals surface area contributed by atoms with Gasteiger partial charge in [0.05, 0.1) is 7.11 Å². The van der Waals surface area contributed by atoms with Crippen molar-refractivity contribution < 1.29 is 29.6 Å². The summed E-state index contributed by atoms with van der Waals surface area (Å²) < 4.78 is 4.97. The number of benzene rings is 1. The summed E-state index contributed by atoms with van der Waals surface area (Å²) in [7, 11) is 1.46. The molecule has 8 heteroatoms. The van der Waals surface area contributed by atoms with E-state index < -0.39 is 12.0 Å². The standard InChI is InChI=1S/C16H24N2O6/c1-24-14-5-4-11(8-13(14)20)7-12(10-19)9-18-16(23)17-6-2-3-15(21)22/h4-5,8,12,19-20H,2-3,6-7,9-10H2,1H3,(H,21,22)(H2,17,18,23). The maximum absolute atomic E-state index is 11.6. The van der Waals surface area contributed by atoms with Crippen LogP contribution in [0.15, 0.2) is 18.2 Å². The number of aliphatic hydroxyl groups excluding tert-OH is 1. The highest BCUT2D eigenvalue weighted by atomic mass is 16.5. The first kappa shape index (κ1) is 19.6. The van der Waals surface area contributed by atoms with Crippen molar-refractivity contribution in [3.8, 4) is 11.5 Å². The zero-order chi connectivity index (χ0) is 17.9. The van der Waals surface area contributed by atoms with E-state index in [-0.39, 0.29) is 37.8 Å².